The molecule has 0 bridgehead atoms. The van der Waals surface area contributed by atoms with Gasteiger partial charge >= 0.3 is 0 Å². The largest absolute Gasteiger partial charge is 0.372 e. The van der Waals surface area contributed by atoms with Crippen molar-refractivity contribution in [1.82, 2.24) is 0 Å². The summed E-state index contributed by atoms with van der Waals surface area (Å²) in [5.41, 5.74) is 7.28. The van der Waals surface area contributed by atoms with E-state index >= 15 is 0 Å². The summed E-state index contributed by atoms with van der Waals surface area (Å²) in [6, 6.07) is 8.64. The van der Waals surface area contributed by atoms with E-state index < -0.39 is 11.5 Å². The minimum Gasteiger partial charge on any atom is -0.372 e. The standard InChI is InChI=1S/C15H13NO2/c16-14(17)15(18,13-10-6-3-7-11-13)12-8-4-1-2-5-9-12/h1,3-11,18H,(H2,16,17). The number of amides is 1. The quantitative estimate of drug-likeness (QED) is 0.786. The van der Waals surface area contributed by atoms with E-state index in [1.807, 2.05) is 6.07 Å². The molecule has 3 nitrogen and oxygen atoms in total. The Morgan fingerprint density at radius 1 is 1.22 bits per heavy atom. The van der Waals surface area contributed by atoms with E-state index in [0.29, 0.717) is 11.1 Å². The molecule has 0 radical (unpaired) electrons. The number of primary amides is 1. The number of nitrogens with two attached hydrogens (primary N) is 1. The molecule has 2 rings (SSSR count). The zero-order chi connectivity index (χ0) is 13.0. The minimum absolute atomic E-state index is 0.419. The maximum atomic E-state index is 11.7. The maximum Gasteiger partial charge on any atom is 0.258 e. The number of benzene rings is 1. The summed E-state index contributed by atoms with van der Waals surface area (Å²) in [5, 5.41) is 10.7. The number of hydrogen-bond acceptors (Lipinski definition) is 2. The zero-order valence-corrected chi connectivity index (χ0v) is 9.71. The van der Waals surface area contributed by atoms with Gasteiger partial charge in [0.05, 0.1) is 0 Å². The molecule has 1 amide bonds. The van der Waals surface area contributed by atoms with Crippen LogP contribution in [0.2, 0.25) is 0 Å². The molecule has 0 spiro atoms. The van der Waals surface area contributed by atoms with Gasteiger partial charge in [-0.15, -0.1) is 5.73 Å². The van der Waals surface area contributed by atoms with Crippen LogP contribution in [0, 0.1) is 0 Å². The van der Waals surface area contributed by atoms with E-state index in [-0.39, 0.29) is 0 Å². The summed E-state index contributed by atoms with van der Waals surface area (Å²) < 4.78 is 0. The Morgan fingerprint density at radius 3 is 2.61 bits per heavy atom. The van der Waals surface area contributed by atoms with E-state index in [0.717, 1.165) is 0 Å². The van der Waals surface area contributed by atoms with Crippen LogP contribution >= 0.6 is 0 Å². The number of aliphatic hydroxyl groups is 1. The highest BCUT2D eigenvalue weighted by Crippen LogP contribution is 2.30. The molecule has 0 saturated heterocycles. The molecule has 0 fully saturated rings. The van der Waals surface area contributed by atoms with Crippen LogP contribution in [0.25, 0.3) is 0 Å². The fourth-order valence-electron chi connectivity index (χ4n) is 1.83. The van der Waals surface area contributed by atoms with Crippen molar-refractivity contribution in [2.75, 3.05) is 0 Å². The molecule has 1 aliphatic rings. The highest BCUT2D eigenvalue weighted by molar-refractivity contribution is 5.89. The van der Waals surface area contributed by atoms with Crippen LogP contribution in [0.5, 0.6) is 0 Å². The Balaban J connectivity index is 2.56. The van der Waals surface area contributed by atoms with Gasteiger partial charge in [-0.3, -0.25) is 4.79 Å². The normalized spacial score (nSPS) is 16.8. The number of rotatable bonds is 3. The minimum atomic E-state index is -1.83. The van der Waals surface area contributed by atoms with Gasteiger partial charge in [0.15, 0.2) is 5.60 Å². The second-order valence-corrected chi connectivity index (χ2v) is 3.92. The molecular formula is C15H13NO2. The molecule has 1 atom stereocenters. The van der Waals surface area contributed by atoms with Gasteiger partial charge in [0.25, 0.3) is 5.91 Å². The Bertz CT molecular complexity index is 578. The number of carbonyl (C=O) groups excluding carboxylic acids is 1. The zero-order valence-electron chi connectivity index (χ0n) is 9.71. The Hall–Kier alpha value is -2.35. The average Bonchev–Trinajstić information content (AvgIpc) is 2.67. The molecule has 0 saturated carbocycles. The fourth-order valence-corrected chi connectivity index (χ4v) is 1.83. The molecule has 0 aromatic heterocycles. The molecule has 90 valence electrons. The summed E-state index contributed by atoms with van der Waals surface area (Å²) in [6.07, 6.45) is 8.29. The summed E-state index contributed by atoms with van der Waals surface area (Å²) in [4.78, 5) is 11.7. The van der Waals surface area contributed by atoms with E-state index in [9.17, 15) is 9.90 Å². The summed E-state index contributed by atoms with van der Waals surface area (Å²) in [6.45, 7) is 0. The number of carbonyl (C=O) groups is 1. The lowest BCUT2D eigenvalue weighted by molar-refractivity contribution is -0.133. The van der Waals surface area contributed by atoms with Gasteiger partial charge in [-0.25, -0.2) is 0 Å². The molecule has 1 aromatic carbocycles. The van der Waals surface area contributed by atoms with Crippen molar-refractivity contribution in [2.24, 2.45) is 5.73 Å². The summed E-state index contributed by atoms with van der Waals surface area (Å²) in [5.74, 6) is -0.806. The lowest BCUT2D eigenvalue weighted by atomic mass is 9.85. The topological polar surface area (TPSA) is 63.3 Å². The van der Waals surface area contributed by atoms with E-state index in [1.165, 1.54) is 0 Å². The summed E-state index contributed by atoms with van der Waals surface area (Å²) in [7, 11) is 0. The Labute approximate surface area is 105 Å². The molecule has 1 aromatic rings. The first-order valence-corrected chi connectivity index (χ1v) is 5.53. The molecule has 18 heavy (non-hydrogen) atoms. The van der Waals surface area contributed by atoms with Crippen LogP contribution in [-0.2, 0) is 10.4 Å². The number of allylic oxidation sites excluding steroid dienone is 3. The third-order valence-corrected chi connectivity index (χ3v) is 2.79. The third kappa shape index (κ3) is 2.05. The first kappa shape index (κ1) is 12.1. The van der Waals surface area contributed by atoms with Gasteiger partial charge in [-0.1, -0.05) is 42.5 Å². The van der Waals surface area contributed by atoms with Crippen molar-refractivity contribution in [3.8, 4) is 0 Å². The van der Waals surface area contributed by atoms with Gasteiger partial charge in [0.1, 0.15) is 0 Å². The third-order valence-electron chi connectivity index (χ3n) is 2.79. The molecule has 3 heteroatoms. The van der Waals surface area contributed by atoms with Crippen LogP contribution in [0.15, 0.2) is 72.0 Å². The Kier molecular flexibility index (Phi) is 3.28. The SMILES string of the molecule is NC(=O)C(O)(C1=CC=C=CC=C1)c1ccccc1. The lowest BCUT2D eigenvalue weighted by Crippen LogP contribution is -2.42. The summed E-state index contributed by atoms with van der Waals surface area (Å²) >= 11 is 0. The van der Waals surface area contributed by atoms with Crippen LogP contribution in [-0.4, -0.2) is 11.0 Å². The van der Waals surface area contributed by atoms with Gasteiger partial charge in [-0.05, 0) is 29.4 Å². The Morgan fingerprint density at radius 2 is 1.94 bits per heavy atom. The second-order valence-electron chi connectivity index (χ2n) is 3.92. The van der Waals surface area contributed by atoms with Gasteiger partial charge in [0, 0.05) is 0 Å². The van der Waals surface area contributed by atoms with Gasteiger partial charge in [-0.2, -0.15) is 0 Å². The van der Waals surface area contributed by atoms with Crippen LogP contribution in [0.3, 0.4) is 0 Å². The van der Waals surface area contributed by atoms with Crippen molar-refractivity contribution in [2.45, 2.75) is 5.60 Å². The number of hydrogen-bond donors (Lipinski definition) is 2. The van der Waals surface area contributed by atoms with Gasteiger partial charge in [0.2, 0.25) is 0 Å². The maximum absolute atomic E-state index is 11.7. The molecule has 0 heterocycles. The van der Waals surface area contributed by atoms with Crippen LogP contribution in [0.4, 0.5) is 0 Å². The second kappa shape index (κ2) is 4.88. The highest BCUT2D eigenvalue weighted by Gasteiger charge is 2.38. The van der Waals surface area contributed by atoms with E-state index in [4.69, 9.17) is 5.73 Å². The predicted octanol–water partition coefficient (Wildman–Crippen LogP) is 1.57. The smallest absolute Gasteiger partial charge is 0.258 e. The van der Waals surface area contributed by atoms with E-state index in [2.05, 4.69) is 5.73 Å². The van der Waals surface area contributed by atoms with Crippen molar-refractivity contribution in [1.29, 1.82) is 0 Å². The first-order chi connectivity index (χ1) is 8.65. The fraction of sp³-hybridized carbons (Fsp3) is 0.0667. The van der Waals surface area contributed by atoms with Crippen LogP contribution < -0.4 is 5.73 Å². The van der Waals surface area contributed by atoms with Gasteiger partial charge < -0.3 is 10.8 Å². The molecule has 1 aliphatic carbocycles. The predicted molar refractivity (Wildman–Crippen MR) is 69.4 cm³/mol. The average molecular weight is 239 g/mol. The van der Waals surface area contributed by atoms with Crippen molar-refractivity contribution in [3.63, 3.8) is 0 Å². The van der Waals surface area contributed by atoms with Crippen molar-refractivity contribution >= 4 is 5.91 Å². The molecular weight excluding hydrogens is 226 g/mol. The molecule has 3 N–H and O–H groups in total. The van der Waals surface area contributed by atoms with E-state index in [1.54, 1.807) is 54.6 Å². The van der Waals surface area contributed by atoms with Crippen LogP contribution in [0.1, 0.15) is 5.56 Å². The first-order valence-electron chi connectivity index (χ1n) is 5.53. The van der Waals surface area contributed by atoms with Crippen molar-refractivity contribution < 1.29 is 9.90 Å². The monoisotopic (exact) mass is 239 g/mol. The molecule has 0 aliphatic heterocycles. The highest BCUT2D eigenvalue weighted by atomic mass is 16.3. The lowest BCUT2D eigenvalue weighted by Gasteiger charge is -2.26. The molecule has 1 unspecified atom stereocenters. The van der Waals surface area contributed by atoms with Crippen molar-refractivity contribution in [3.05, 3.63) is 77.6 Å².